The van der Waals surface area contributed by atoms with Crippen molar-refractivity contribution in [2.24, 2.45) is 0 Å². The number of sulfonamides is 1. The molecule has 0 atom stereocenters. The van der Waals surface area contributed by atoms with Crippen LogP contribution in [-0.4, -0.2) is 21.4 Å². The predicted molar refractivity (Wildman–Crippen MR) is 117 cm³/mol. The second-order valence-electron chi connectivity index (χ2n) is 6.95. The number of nitrogens with one attached hydrogen (secondary N) is 2. The number of rotatable bonds is 7. The normalized spacial score (nSPS) is 11.0. The zero-order valence-electron chi connectivity index (χ0n) is 17.1. The zero-order valence-corrected chi connectivity index (χ0v) is 17.9. The smallest absolute Gasteiger partial charge is 0.262 e. The molecule has 156 valence electrons. The third kappa shape index (κ3) is 4.99. The Hall–Kier alpha value is -3.32. The van der Waals surface area contributed by atoms with Crippen LogP contribution in [0.5, 0.6) is 5.75 Å². The van der Waals surface area contributed by atoms with Gasteiger partial charge in [0.2, 0.25) is 0 Å². The van der Waals surface area contributed by atoms with Crippen LogP contribution in [0.25, 0.3) is 0 Å². The molecular formula is C23H24N2O4S. The fourth-order valence-electron chi connectivity index (χ4n) is 2.99. The fourth-order valence-corrected chi connectivity index (χ4v) is 4.32. The topological polar surface area (TPSA) is 84.5 Å². The number of amides is 1. The van der Waals surface area contributed by atoms with Crippen LogP contribution in [0.15, 0.2) is 71.6 Å². The van der Waals surface area contributed by atoms with Gasteiger partial charge in [-0.05, 0) is 49.7 Å². The van der Waals surface area contributed by atoms with Gasteiger partial charge in [0.1, 0.15) is 5.75 Å². The minimum Gasteiger partial charge on any atom is -0.496 e. The molecule has 2 N–H and O–H groups in total. The molecule has 0 aliphatic rings. The molecule has 0 radical (unpaired) electrons. The van der Waals surface area contributed by atoms with Crippen molar-refractivity contribution in [3.8, 4) is 5.75 Å². The Morgan fingerprint density at radius 3 is 2.37 bits per heavy atom. The largest absolute Gasteiger partial charge is 0.496 e. The maximum Gasteiger partial charge on any atom is 0.262 e. The van der Waals surface area contributed by atoms with Crippen LogP contribution in [0.1, 0.15) is 27.0 Å². The molecule has 0 fully saturated rings. The van der Waals surface area contributed by atoms with Crippen molar-refractivity contribution in [3.63, 3.8) is 0 Å². The number of ether oxygens (including phenoxy) is 1. The lowest BCUT2D eigenvalue weighted by molar-refractivity contribution is 0.0950. The van der Waals surface area contributed by atoms with Crippen molar-refractivity contribution in [1.29, 1.82) is 0 Å². The highest BCUT2D eigenvalue weighted by Gasteiger charge is 2.19. The van der Waals surface area contributed by atoms with Crippen LogP contribution in [0, 0.1) is 13.8 Å². The summed E-state index contributed by atoms with van der Waals surface area (Å²) in [6.07, 6.45) is 0. The number of carbonyl (C=O) groups is 1. The minimum atomic E-state index is -3.84. The van der Waals surface area contributed by atoms with Crippen LogP contribution >= 0.6 is 0 Å². The van der Waals surface area contributed by atoms with Crippen molar-refractivity contribution >= 4 is 21.6 Å². The summed E-state index contributed by atoms with van der Waals surface area (Å²) in [4.78, 5) is 12.7. The Balaban J connectivity index is 1.80. The number of aryl methyl sites for hydroxylation is 2. The molecule has 6 nitrogen and oxygen atoms in total. The van der Waals surface area contributed by atoms with E-state index in [0.29, 0.717) is 17.0 Å². The molecule has 0 spiro atoms. The van der Waals surface area contributed by atoms with Gasteiger partial charge in [0.25, 0.3) is 15.9 Å². The molecule has 0 aromatic heterocycles. The molecule has 3 aromatic rings. The van der Waals surface area contributed by atoms with Crippen LogP contribution in [0.3, 0.4) is 0 Å². The van der Waals surface area contributed by atoms with E-state index in [4.69, 9.17) is 4.74 Å². The highest BCUT2D eigenvalue weighted by Crippen LogP contribution is 2.22. The van der Waals surface area contributed by atoms with Gasteiger partial charge in [-0.3, -0.25) is 9.52 Å². The summed E-state index contributed by atoms with van der Waals surface area (Å²) in [6.45, 7) is 3.89. The maximum absolute atomic E-state index is 12.9. The van der Waals surface area contributed by atoms with Crippen LogP contribution in [-0.2, 0) is 16.6 Å². The molecule has 30 heavy (non-hydrogen) atoms. The van der Waals surface area contributed by atoms with E-state index in [0.717, 1.165) is 11.1 Å². The van der Waals surface area contributed by atoms with Gasteiger partial charge < -0.3 is 10.1 Å². The summed E-state index contributed by atoms with van der Waals surface area (Å²) >= 11 is 0. The van der Waals surface area contributed by atoms with E-state index >= 15 is 0 Å². The molecule has 0 heterocycles. The number of benzene rings is 3. The van der Waals surface area contributed by atoms with Gasteiger partial charge in [-0.1, -0.05) is 42.0 Å². The zero-order chi connectivity index (χ0) is 21.7. The van der Waals surface area contributed by atoms with Crippen molar-refractivity contribution in [3.05, 3.63) is 89.0 Å². The molecule has 1 amide bonds. The number of methoxy groups -OCH3 is 1. The summed E-state index contributed by atoms with van der Waals surface area (Å²) in [5.74, 6) is 0.306. The third-order valence-corrected chi connectivity index (χ3v) is 6.20. The first-order chi connectivity index (χ1) is 14.3. The molecule has 3 rings (SSSR count). The van der Waals surface area contributed by atoms with Crippen LogP contribution < -0.4 is 14.8 Å². The average Bonchev–Trinajstić information content (AvgIpc) is 2.74. The van der Waals surface area contributed by atoms with Gasteiger partial charge in [-0.2, -0.15) is 0 Å². The Morgan fingerprint density at radius 2 is 1.67 bits per heavy atom. The molecular weight excluding hydrogens is 400 g/mol. The Bertz CT molecular complexity index is 1160. The highest BCUT2D eigenvalue weighted by molar-refractivity contribution is 7.92. The lowest BCUT2D eigenvalue weighted by atomic mass is 10.1. The van der Waals surface area contributed by atoms with Gasteiger partial charge in [0.05, 0.1) is 12.0 Å². The second-order valence-corrected chi connectivity index (χ2v) is 8.60. The number of anilines is 1. The quantitative estimate of drug-likeness (QED) is 0.599. The van der Waals surface area contributed by atoms with Crippen LogP contribution in [0.4, 0.5) is 5.69 Å². The molecule has 0 aliphatic heterocycles. The lowest BCUT2D eigenvalue weighted by Gasteiger charge is -2.13. The summed E-state index contributed by atoms with van der Waals surface area (Å²) < 4.78 is 33.6. The molecule has 0 saturated carbocycles. The summed E-state index contributed by atoms with van der Waals surface area (Å²) in [7, 11) is -2.27. The highest BCUT2D eigenvalue weighted by atomic mass is 32.2. The minimum absolute atomic E-state index is 0.0630. The van der Waals surface area contributed by atoms with E-state index in [-0.39, 0.29) is 22.9 Å². The standard InChI is InChI=1S/C23H24N2O4S/c1-16-8-12-20(13-9-16)25-30(27,28)22-14-18(11-10-17(22)2)23(26)24-15-19-6-4-5-7-21(19)29-3/h4-14,25H,15H2,1-3H3,(H,24,26). The molecule has 0 unspecified atom stereocenters. The van der Waals surface area contributed by atoms with E-state index < -0.39 is 10.0 Å². The van der Waals surface area contributed by atoms with Gasteiger partial charge in [0, 0.05) is 23.4 Å². The van der Waals surface area contributed by atoms with Crippen molar-refractivity contribution in [2.75, 3.05) is 11.8 Å². The van der Waals surface area contributed by atoms with E-state index in [1.165, 1.54) is 6.07 Å². The first kappa shape index (κ1) is 21.4. The molecule has 0 bridgehead atoms. The van der Waals surface area contributed by atoms with Gasteiger partial charge >= 0.3 is 0 Å². The molecule has 3 aromatic carbocycles. The molecule has 0 aliphatic carbocycles. The first-order valence-corrected chi connectivity index (χ1v) is 10.9. The van der Waals surface area contributed by atoms with Gasteiger partial charge in [-0.15, -0.1) is 0 Å². The third-order valence-electron chi connectivity index (χ3n) is 4.68. The summed E-state index contributed by atoms with van der Waals surface area (Å²) in [6, 6.07) is 19.1. The fraction of sp³-hybridized carbons (Fsp3) is 0.174. The molecule has 7 heteroatoms. The van der Waals surface area contributed by atoms with Crippen molar-refractivity contribution in [1.82, 2.24) is 5.32 Å². The van der Waals surface area contributed by atoms with E-state index in [9.17, 15) is 13.2 Å². The summed E-state index contributed by atoms with van der Waals surface area (Å²) in [5.41, 5.74) is 3.14. The maximum atomic E-state index is 12.9. The number of hydrogen-bond donors (Lipinski definition) is 2. The Kier molecular flexibility index (Phi) is 6.42. The SMILES string of the molecule is COc1ccccc1CNC(=O)c1ccc(C)c(S(=O)(=O)Nc2ccc(C)cc2)c1. The Labute approximate surface area is 177 Å². The number of para-hydroxylation sites is 1. The van der Waals surface area contributed by atoms with Gasteiger partial charge in [-0.25, -0.2) is 8.42 Å². The monoisotopic (exact) mass is 424 g/mol. The van der Waals surface area contributed by atoms with Crippen LogP contribution in [0.2, 0.25) is 0 Å². The first-order valence-electron chi connectivity index (χ1n) is 9.40. The van der Waals surface area contributed by atoms with E-state index in [1.54, 1.807) is 38.3 Å². The van der Waals surface area contributed by atoms with E-state index in [1.807, 2.05) is 43.3 Å². The Morgan fingerprint density at radius 1 is 0.967 bits per heavy atom. The van der Waals surface area contributed by atoms with Gasteiger partial charge in [0.15, 0.2) is 0 Å². The lowest BCUT2D eigenvalue weighted by Crippen LogP contribution is -2.24. The van der Waals surface area contributed by atoms with E-state index in [2.05, 4.69) is 10.0 Å². The predicted octanol–water partition coefficient (Wildman–Crippen LogP) is 4.04. The summed E-state index contributed by atoms with van der Waals surface area (Å²) in [5, 5.41) is 2.81. The number of carbonyl (C=O) groups excluding carboxylic acids is 1. The second kappa shape index (κ2) is 9.00. The average molecular weight is 425 g/mol. The molecule has 0 saturated heterocycles. The number of hydrogen-bond acceptors (Lipinski definition) is 4. The van der Waals surface area contributed by atoms with Crippen molar-refractivity contribution in [2.45, 2.75) is 25.3 Å². The van der Waals surface area contributed by atoms with Crippen molar-refractivity contribution < 1.29 is 17.9 Å².